The SMILES string of the molecule is CCOC(=O)[C@]1(C)CCC[C@@]2(C)[C@@H]3CC[C@@]4(C)C[C@]3(CC[C@@H]21)[C@@H]1CN(c2c(C)cccc2C)N=C14. The number of rotatable bonds is 3. The normalized spacial score (nSPS) is 43.8. The quantitative estimate of drug-likeness (QED) is 0.438. The van der Waals surface area contributed by atoms with Crippen LogP contribution in [0.1, 0.15) is 90.2 Å². The average molecular weight is 477 g/mol. The monoisotopic (exact) mass is 476 g/mol. The molecule has 6 rings (SSSR count). The smallest absolute Gasteiger partial charge is 0.312 e. The van der Waals surface area contributed by atoms with Gasteiger partial charge in [0.2, 0.25) is 0 Å². The van der Waals surface area contributed by atoms with Crippen molar-refractivity contribution in [2.75, 3.05) is 18.2 Å². The molecule has 1 aromatic rings. The van der Waals surface area contributed by atoms with Gasteiger partial charge in [-0.15, -0.1) is 0 Å². The number of esters is 1. The van der Waals surface area contributed by atoms with Gasteiger partial charge >= 0.3 is 5.97 Å². The Hall–Kier alpha value is -1.84. The molecule has 0 aromatic heterocycles. The van der Waals surface area contributed by atoms with Crippen molar-refractivity contribution in [3.8, 4) is 0 Å². The maximum atomic E-state index is 13.3. The molecule has 190 valence electrons. The van der Waals surface area contributed by atoms with E-state index in [1.807, 2.05) is 6.92 Å². The van der Waals surface area contributed by atoms with Crippen LogP contribution in [0.25, 0.3) is 0 Å². The molecule has 2 bridgehead atoms. The lowest BCUT2D eigenvalue weighted by Crippen LogP contribution is -2.60. The van der Waals surface area contributed by atoms with E-state index in [9.17, 15) is 4.79 Å². The number of benzene rings is 1. The van der Waals surface area contributed by atoms with Gasteiger partial charge in [0.05, 0.1) is 24.3 Å². The summed E-state index contributed by atoms with van der Waals surface area (Å²) in [5, 5.41) is 7.79. The number of fused-ring (bicyclic) bond motifs is 5. The molecule has 35 heavy (non-hydrogen) atoms. The Morgan fingerprint density at radius 2 is 1.77 bits per heavy atom. The minimum Gasteiger partial charge on any atom is -0.466 e. The number of nitrogens with zero attached hydrogens (tertiary/aromatic N) is 2. The Bertz CT molecular complexity index is 1080. The molecule has 1 aliphatic heterocycles. The lowest BCUT2D eigenvalue weighted by atomic mass is 9.39. The summed E-state index contributed by atoms with van der Waals surface area (Å²) < 4.78 is 5.68. The molecular formula is C31H44N2O2. The average Bonchev–Trinajstić information content (AvgIpc) is 3.31. The van der Waals surface area contributed by atoms with E-state index >= 15 is 0 Å². The molecule has 0 N–H and O–H groups in total. The first kappa shape index (κ1) is 23.6. The number of aryl methyl sites for hydroxylation is 2. The van der Waals surface area contributed by atoms with Crippen molar-refractivity contribution in [2.24, 2.45) is 44.5 Å². The fourth-order valence-corrected chi connectivity index (χ4v) is 10.5. The molecule has 0 radical (unpaired) electrons. The summed E-state index contributed by atoms with van der Waals surface area (Å²) in [6.07, 6.45) is 9.63. The van der Waals surface area contributed by atoms with Gasteiger partial charge in [-0.1, -0.05) is 38.5 Å². The van der Waals surface area contributed by atoms with Gasteiger partial charge in [0.25, 0.3) is 0 Å². The van der Waals surface area contributed by atoms with Crippen LogP contribution in [-0.4, -0.2) is 24.8 Å². The van der Waals surface area contributed by atoms with Crippen molar-refractivity contribution in [2.45, 2.75) is 92.9 Å². The molecule has 4 heteroatoms. The van der Waals surface area contributed by atoms with Gasteiger partial charge < -0.3 is 4.74 Å². The van der Waals surface area contributed by atoms with Gasteiger partial charge in [-0.05, 0) is 106 Å². The molecule has 4 fully saturated rings. The van der Waals surface area contributed by atoms with E-state index in [0.29, 0.717) is 29.8 Å². The number of anilines is 1. The largest absolute Gasteiger partial charge is 0.466 e. The zero-order valence-electron chi connectivity index (χ0n) is 22.7. The van der Waals surface area contributed by atoms with Crippen LogP contribution < -0.4 is 5.01 Å². The molecular weight excluding hydrogens is 432 g/mol. The van der Waals surface area contributed by atoms with Gasteiger partial charge in [0, 0.05) is 17.0 Å². The van der Waals surface area contributed by atoms with E-state index < -0.39 is 0 Å². The Kier molecular flexibility index (Phi) is 5.10. The number of hydrazone groups is 1. The van der Waals surface area contributed by atoms with Crippen LogP contribution in [0.3, 0.4) is 0 Å². The van der Waals surface area contributed by atoms with Crippen molar-refractivity contribution in [3.63, 3.8) is 0 Å². The highest BCUT2D eigenvalue weighted by Gasteiger charge is 2.71. The molecule has 4 aliphatic carbocycles. The third-order valence-corrected chi connectivity index (χ3v) is 11.7. The van der Waals surface area contributed by atoms with Crippen LogP contribution >= 0.6 is 0 Å². The summed E-state index contributed by atoms with van der Waals surface area (Å²) >= 11 is 0. The van der Waals surface area contributed by atoms with Gasteiger partial charge in [-0.2, -0.15) is 5.10 Å². The second-order valence-electron chi connectivity index (χ2n) is 13.5. The number of hydrogen-bond acceptors (Lipinski definition) is 4. The number of hydrogen-bond donors (Lipinski definition) is 0. The second-order valence-corrected chi connectivity index (χ2v) is 13.5. The molecule has 4 nitrogen and oxygen atoms in total. The van der Waals surface area contributed by atoms with Crippen LogP contribution in [0.2, 0.25) is 0 Å². The molecule has 1 heterocycles. The van der Waals surface area contributed by atoms with E-state index in [-0.39, 0.29) is 22.2 Å². The summed E-state index contributed by atoms with van der Waals surface area (Å²) in [5.74, 6) is 1.71. The lowest BCUT2D eigenvalue weighted by molar-refractivity contribution is -0.191. The zero-order valence-corrected chi connectivity index (χ0v) is 22.7. The zero-order chi connectivity index (χ0) is 24.8. The highest BCUT2D eigenvalue weighted by molar-refractivity contribution is 5.98. The minimum absolute atomic E-state index is 0.0586. The standard InChI is InChI=1S/C31H44N2O2/c1-7-35-27(34)30(6)15-9-14-29(5)23(30)13-17-31-19-28(4,16-12-24(29)31)26-22(31)18-33(32-26)25-20(2)10-8-11-21(25)3/h8,10-11,22-24H,7,9,12-19H2,1-6H3/t22-,23+,24+,28+,29-,30-,31-/m1/s1. The highest BCUT2D eigenvalue weighted by atomic mass is 16.5. The number of para-hydroxylation sites is 1. The lowest BCUT2D eigenvalue weighted by Gasteiger charge is -2.64. The predicted molar refractivity (Wildman–Crippen MR) is 141 cm³/mol. The van der Waals surface area contributed by atoms with E-state index in [1.165, 1.54) is 54.6 Å². The van der Waals surface area contributed by atoms with Crippen LogP contribution in [0.4, 0.5) is 5.69 Å². The third kappa shape index (κ3) is 2.98. The van der Waals surface area contributed by atoms with Gasteiger partial charge in [0.15, 0.2) is 0 Å². The Labute approximate surface area is 211 Å². The summed E-state index contributed by atoms with van der Waals surface area (Å²) in [6, 6.07) is 6.62. The maximum absolute atomic E-state index is 13.3. The first-order chi connectivity index (χ1) is 16.6. The van der Waals surface area contributed by atoms with Gasteiger partial charge in [-0.3, -0.25) is 9.80 Å². The first-order valence-corrected chi connectivity index (χ1v) is 14.2. The van der Waals surface area contributed by atoms with Crippen LogP contribution in [-0.2, 0) is 9.53 Å². The first-order valence-electron chi connectivity index (χ1n) is 14.2. The Morgan fingerprint density at radius 3 is 2.49 bits per heavy atom. The van der Waals surface area contributed by atoms with E-state index in [4.69, 9.17) is 9.84 Å². The molecule has 0 amide bonds. The summed E-state index contributed by atoms with van der Waals surface area (Å²) in [6.45, 7) is 15.2. The second kappa shape index (κ2) is 7.59. The van der Waals surface area contributed by atoms with Crippen LogP contribution in [0.5, 0.6) is 0 Å². The molecule has 0 unspecified atom stereocenters. The Balaban J connectivity index is 1.39. The van der Waals surface area contributed by atoms with Gasteiger partial charge in [-0.25, -0.2) is 0 Å². The van der Waals surface area contributed by atoms with E-state index in [1.54, 1.807) is 0 Å². The van der Waals surface area contributed by atoms with Crippen molar-refractivity contribution in [1.82, 2.24) is 0 Å². The number of carbonyl (C=O) groups excluding carboxylic acids is 1. The van der Waals surface area contributed by atoms with Gasteiger partial charge in [0.1, 0.15) is 0 Å². The maximum Gasteiger partial charge on any atom is 0.312 e. The molecule has 0 saturated heterocycles. The van der Waals surface area contributed by atoms with E-state index in [0.717, 1.165) is 25.8 Å². The third-order valence-electron chi connectivity index (χ3n) is 11.7. The topological polar surface area (TPSA) is 41.9 Å². The van der Waals surface area contributed by atoms with E-state index in [2.05, 4.69) is 57.8 Å². The fraction of sp³-hybridized carbons (Fsp3) is 0.742. The number of carbonyl (C=O) groups is 1. The summed E-state index contributed by atoms with van der Waals surface area (Å²) in [5.41, 5.74) is 5.90. The van der Waals surface area contributed by atoms with Crippen molar-refractivity contribution in [1.29, 1.82) is 0 Å². The molecule has 1 spiro atoms. The van der Waals surface area contributed by atoms with Crippen molar-refractivity contribution in [3.05, 3.63) is 29.3 Å². The van der Waals surface area contributed by atoms with Crippen molar-refractivity contribution < 1.29 is 9.53 Å². The minimum atomic E-state index is -0.332. The molecule has 7 atom stereocenters. The predicted octanol–water partition coefficient (Wildman–Crippen LogP) is 7.07. The van der Waals surface area contributed by atoms with Crippen LogP contribution in [0.15, 0.2) is 23.3 Å². The Morgan fingerprint density at radius 1 is 1.06 bits per heavy atom. The van der Waals surface area contributed by atoms with Crippen molar-refractivity contribution >= 4 is 17.4 Å². The number of ether oxygens (including phenoxy) is 1. The highest BCUT2D eigenvalue weighted by Crippen LogP contribution is 2.75. The molecule has 4 saturated carbocycles. The van der Waals surface area contributed by atoms with Crippen LogP contribution in [0, 0.1) is 53.3 Å². The summed E-state index contributed by atoms with van der Waals surface area (Å²) in [7, 11) is 0. The molecule has 5 aliphatic rings. The molecule has 1 aromatic carbocycles. The summed E-state index contributed by atoms with van der Waals surface area (Å²) in [4.78, 5) is 13.3. The fourth-order valence-electron chi connectivity index (χ4n) is 10.5.